The number of aromatic nitrogens is 4. The molecule has 92 valence electrons. The molecule has 0 radical (unpaired) electrons. The van der Waals surface area contributed by atoms with Gasteiger partial charge in [-0.05, 0) is 13.3 Å². The standard InChI is InChI=1S/C11H16N4OS/c1-3-5-6-15-10(17)8-9(13-7-12-8)14(4-2)11(15)16/h7H,3-6H2,1-2H3,(H,12,13). The Bertz CT molecular complexity index is 637. The molecule has 2 aromatic heterocycles. The van der Waals surface area contributed by atoms with Crippen molar-refractivity contribution in [3.8, 4) is 0 Å². The van der Waals surface area contributed by atoms with Gasteiger partial charge in [0.25, 0.3) is 0 Å². The summed E-state index contributed by atoms with van der Waals surface area (Å²) < 4.78 is 3.86. The monoisotopic (exact) mass is 252 g/mol. The van der Waals surface area contributed by atoms with Gasteiger partial charge in [-0.25, -0.2) is 9.78 Å². The summed E-state index contributed by atoms with van der Waals surface area (Å²) in [5.41, 5.74) is 1.36. The highest BCUT2D eigenvalue weighted by molar-refractivity contribution is 7.71. The Balaban J connectivity index is 2.74. The first kappa shape index (κ1) is 12.0. The van der Waals surface area contributed by atoms with Crippen LogP contribution < -0.4 is 5.69 Å². The molecular formula is C11H16N4OS. The van der Waals surface area contributed by atoms with E-state index >= 15 is 0 Å². The Labute approximate surface area is 104 Å². The molecule has 0 saturated heterocycles. The second-order valence-corrected chi connectivity index (χ2v) is 4.33. The molecule has 0 amide bonds. The molecule has 17 heavy (non-hydrogen) atoms. The molecule has 0 aliphatic carbocycles. The number of nitrogens with zero attached hydrogens (tertiary/aromatic N) is 3. The minimum absolute atomic E-state index is 0.0643. The number of hydrogen-bond acceptors (Lipinski definition) is 3. The number of nitrogens with one attached hydrogen (secondary N) is 1. The molecule has 0 aliphatic heterocycles. The van der Waals surface area contributed by atoms with Crippen LogP contribution in [0.3, 0.4) is 0 Å². The van der Waals surface area contributed by atoms with E-state index in [-0.39, 0.29) is 5.69 Å². The van der Waals surface area contributed by atoms with Crippen LogP contribution in [0.2, 0.25) is 0 Å². The van der Waals surface area contributed by atoms with Crippen molar-refractivity contribution in [2.24, 2.45) is 0 Å². The zero-order chi connectivity index (χ0) is 12.4. The molecule has 6 heteroatoms. The normalized spacial score (nSPS) is 11.2. The molecule has 0 aliphatic rings. The lowest BCUT2D eigenvalue weighted by molar-refractivity contribution is 0.560. The smallest absolute Gasteiger partial charge is 0.330 e. The van der Waals surface area contributed by atoms with Crippen molar-refractivity contribution < 1.29 is 0 Å². The van der Waals surface area contributed by atoms with E-state index in [9.17, 15) is 4.79 Å². The molecular weight excluding hydrogens is 236 g/mol. The minimum Gasteiger partial charge on any atom is -0.341 e. The predicted molar refractivity (Wildman–Crippen MR) is 69.8 cm³/mol. The average molecular weight is 252 g/mol. The van der Waals surface area contributed by atoms with Crippen LogP contribution in [0.5, 0.6) is 0 Å². The second-order valence-electron chi connectivity index (χ2n) is 3.94. The number of fused-ring (bicyclic) bond motifs is 1. The van der Waals surface area contributed by atoms with Gasteiger partial charge < -0.3 is 4.98 Å². The molecule has 2 aromatic rings. The van der Waals surface area contributed by atoms with E-state index in [1.54, 1.807) is 15.5 Å². The SMILES string of the molecule is CCCCn1c(=S)c2[nH]cnc2n(CC)c1=O. The third-order valence-corrected chi connectivity index (χ3v) is 3.27. The van der Waals surface area contributed by atoms with Crippen molar-refractivity contribution in [1.82, 2.24) is 19.1 Å². The summed E-state index contributed by atoms with van der Waals surface area (Å²) >= 11 is 5.33. The fourth-order valence-corrected chi connectivity index (χ4v) is 2.23. The van der Waals surface area contributed by atoms with Gasteiger partial charge in [-0.2, -0.15) is 0 Å². The van der Waals surface area contributed by atoms with Crippen molar-refractivity contribution in [3.63, 3.8) is 0 Å². The van der Waals surface area contributed by atoms with Crippen LogP contribution in [0.25, 0.3) is 11.2 Å². The van der Waals surface area contributed by atoms with E-state index in [1.165, 1.54) is 0 Å². The van der Waals surface area contributed by atoms with Gasteiger partial charge in [0.15, 0.2) is 5.65 Å². The molecule has 2 heterocycles. The van der Waals surface area contributed by atoms with Gasteiger partial charge in [-0.3, -0.25) is 9.13 Å². The van der Waals surface area contributed by atoms with Crippen molar-refractivity contribution in [3.05, 3.63) is 21.5 Å². The molecule has 0 aromatic carbocycles. The van der Waals surface area contributed by atoms with Crippen molar-refractivity contribution in [1.29, 1.82) is 0 Å². The summed E-state index contributed by atoms with van der Waals surface area (Å²) in [6, 6.07) is 0. The molecule has 0 fully saturated rings. The zero-order valence-electron chi connectivity index (χ0n) is 10.1. The zero-order valence-corrected chi connectivity index (χ0v) is 10.9. The Morgan fingerprint density at radius 3 is 2.82 bits per heavy atom. The summed E-state index contributed by atoms with van der Waals surface area (Å²) in [6.07, 6.45) is 3.57. The number of H-pyrrole nitrogens is 1. The van der Waals surface area contributed by atoms with Gasteiger partial charge in [0.2, 0.25) is 0 Å². The van der Waals surface area contributed by atoms with E-state index < -0.39 is 0 Å². The predicted octanol–water partition coefficient (Wildman–Crippen LogP) is 2.08. The first-order valence-corrected chi connectivity index (χ1v) is 6.28. The highest BCUT2D eigenvalue weighted by Crippen LogP contribution is 2.09. The van der Waals surface area contributed by atoms with E-state index in [2.05, 4.69) is 16.9 Å². The van der Waals surface area contributed by atoms with Crippen LogP contribution in [-0.2, 0) is 13.1 Å². The molecule has 1 N–H and O–H groups in total. The maximum atomic E-state index is 12.2. The summed E-state index contributed by atoms with van der Waals surface area (Å²) in [5, 5.41) is 0. The molecule has 2 rings (SSSR count). The van der Waals surface area contributed by atoms with Crippen LogP contribution in [0.1, 0.15) is 26.7 Å². The molecule has 0 saturated carbocycles. The average Bonchev–Trinajstić information content (AvgIpc) is 2.79. The Morgan fingerprint density at radius 2 is 2.18 bits per heavy atom. The fourth-order valence-electron chi connectivity index (χ4n) is 1.91. The highest BCUT2D eigenvalue weighted by Gasteiger charge is 2.10. The molecule has 0 spiro atoms. The molecule has 0 bridgehead atoms. The molecule has 0 atom stereocenters. The molecule has 0 unspecified atom stereocenters. The van der Waals surface area contributed by atoms with Gasteiger partial charge in [0.05, 0.1) is 6.33 Å². The number of rotatable bonds is 4. The fraction of sp³-hybridized carbons (Fsp3) is 0.545. The van der Waals surface area contributed by atoms with E-state index in [1.807, 2.05) is 6.92 Å². The number of aromatic amines is 1. The Morgan fingerprint density at radius 1 is 1.41 bits per heavy atom. The summed E-state index contributed by atoms with van der Waals surface area (Å²) in [4.78, 5) is 19.4. The van der Waals surface area contributed by atoms with Crippen LogP contribution in [0, 0.1) is 4.64 Å². The second kappa shape index (κ2) is 4.83. The number of imidazole rings is 1. The van der Waals surface area contributed by atoms with Crippen LogP contribution in [0.15, 0.2) is 11.1 Å². The lowest BCUT2D eigenvalue weighted by atomic mass is 10.3. The van der Waals surface area contributed by atoms with E-state index in [0.29, 0.717) is 23.4 Å². The maximum Gasteiger partial charge on any atom is 0.330 e. The lowest BCUT2D eigenvalue weighted by Gasteiger charge is -2.10. The van der Waals surface area contributed by atoms with Gasteiger partial charge in [0.1, 0.15) is 10.2 Å². The van der Waals surface area contributed by atoms with Gasteiger partial charge in [-0.15, -0.1) is 0 Å². The number of hydrogen-bond donors (Lipinski definition) is 1. The number of unbranched alkanes of at least 4 members (excludes halogenated alkanes) is 1. The quantitative estimate of drug-likeness (QED) is 0.848. The van der Waals surface area contributed by atoms with Crippen LogP contribution in [0.4, 0.5) is 0 Å². The minimum atomic E-state index is -0.0643. The van der Waals surface area contributed by atoms with Gasteiger partial charge >= 0.3 is 5.69 Å². The van der Waals surface area contributed by atoms with Crippen LogP contribution >= 0.6 is 12.2 Å². The van der Waals surface area contributed by atoms with Crippen molar-refractivity contribution >= 4 is 23.4 Å². The maximum absolute atomic E-state index is 12.2. The van der Waals surface area contributed by atoms with E-state index in [0.717, 1.165) is 18.4 Å². The lowest BCUT2D eigenvalue weighted by Crippen LogP contribution is -2.31. The Kier molecular flexibility index (Phi) is 3.42. The Hall–Kier alpha value is -1.43. The summed E-state index contributed by atoms with van der Waals surface area (Å²) in [7, 11) is 0. The first-order valence-electron chi connectivity index (χ1n) is 5.87. The van der Waals surface area contributed by atoms with Gasteiger partial charge in [0, 0.05) is 13.1 Å². The third-order valence-electron chi connectivity index (χ3n) is 2.85. The number of aryl methyl sites for hydroxylation is 1. The van der Waals surface area contributed by atoms with Crippen molar-refractivity contribution in [2.45, 2.75) is 39.8 Å². The molecule has 5 nitrogen and oxygen atoms in total. The first-order chi connectivity index (χ1) is 8.20. The van der Waals surface area contributed by atoms with Gasteiger partial charge in [-0.1, -0.05) is 25.6 Å². The largest absolute Gasteiger partial charge is 0.341 e. The van der Waals surface area contributed by atoms with Crippen LogP contribution in [-0.4, -0.2) is 19.1 Å². The topological polar surface area (TPSA) is 55.6 Å². The highest BCUT2D eigenvalue weighted by atomic mass is 32.1. The third kappa shape index (κ3) is 1.93. The van der Waals surface area contributed by atoms with Crippen molar-refractivity contribution in [2.75, 3.05) is 0 Å². The van der Waals surface area contributed by atoms with E-state index in [4.69, 9.17) is 12.2 Å². The summed E-state index contributed by atoms with van der Waals surface area (Å²) in [5.74, 6) is 0. The summed E-state index contributed by atoms with van der Waals surface area (Å²) in [6.45, 7) is 5.30.